The average molecular weight is 370 g/mol. The number of H-pyrrole nitrogens is 1. The van der Waals surface area contributed by atoms with Crippen LogP contribution in [-0.2, 0) is 4.74 Å². The van der Waals surface area contributed by atoms with E-state index < -0.39 is 0 Å². The molecule has 2 aliphatic heterocycles. The fourth-order valence-corrected chi connectivity index (χ4v) is 3.91. The van der Waals surface area contributed by atoms with Crippen LogP contribution in [0.2, 0.25) is 5.02 Å². The predicted molar refractivity (Wildman–Crippen MR) is 98.1 cm³/mol. The molecular formula is C19H16ClN3O3. The number of ether oxygens (including phenoxy) is 1. The number of aromatic amines is 1. The monoisotopic (exact) mass is 369 g/mol. The van der Waals surface area contributed by atoms with E-state index >= 15 is 0 Å². The number of hydrogen-bond donors (Lipinski definition) is 1. The van der Waals surface area contributed by atoms with Crippen molar-refractivity contribution in [1.82, 2.24) is 14.5 Å². The van der Waals surface area contributed by atoms with Crippen LogP contribution in [0.3, 0.4) is 0 Å². The lowest BCUT2D eigenvalue weighted by Gasteiger charge is -2.54. The molecule has 1 amide bonds. The number of imidazole rings is 1. The number of nitrogens with one attached hydrogen (secondary N) is 1. The van der Waals surface area contributed by atoms with E-state index in [1.54, 1.807) is 47.0 Å². The molecule has 6 nitrogen and oxygen atoms in total. The third-order valence-electron chi connectivity index (χ3n) is 5.17. The van der Waals surface area contributed by atoms with Gasteiger partial charge in [-0.05, 0) is 42.5 Å². The van der Waals surface area contributed by atoms with Gasteiger partial charge in [-0.15, -0.1) is 0 Å². The summed E-state index contributed by atoms with van der Waals surface area (Å²) in [5.41, 5.74) is 2.69. The molecule has 0 unspecified atom stereocenters. The molecule has 2 fully saturated rings. The molecule has 1 spiro atoms. The Hall–Kier alpha value is -2.57. The van der Waals surface area contributed by atoms with E-state index in [2.05, 4.69) is 4.98 Å². The maximum atomic E-state index is 12.6. The summed E-state index contributed by atoms with van der Waals surface area (Å²) < 4.78 is 6.80. The van der Waals surface area contributed by atoms with Crippen LogP contribution >= 0.6 is 11.6 Å². The minimum Gasteiger partial charge on any atom is -0.380 e. The second-order valence-corrected chi connectivity index (χ2v) is 7.56. The van der Waals surface area contributed by atoms with E-state index in [1.165, 1.54) is 0 Å². The minimum atomic E-state index is -0.240. The molecule has 0 atom stereocenters. The van der Waals surface area contributed by atoms with E-state index in [-0.39, 0.29) is 17.0 Å². The van der Waals surface area contributed by atoms with Crippen molar-refractivity contribution in [2.24, 2.45) is 5.41 Å². The molecule has 3 aromatic rings. The van der Waals surface area contributed by atoms with Crippen LogP contribution in [0, 0.1) is 5.41 Å². The van der Waals surface area contributed by atoms with E-state index in [4.69, 9.17) is 16.3 Å². The quantitative estimate of drug-likeness (QED) is 0.754. The molecule has 1 N–H and O–H groups in total. The Kier molecular flexibility index (Phi) is 3.29. The van der Waals surface area contributed by atoms with Crippen LogP contribution in [0.4, 0.5) is 0 Å². The highest BCUT2D eigenvalue weighted by Crippen LogP contribution is 2.38. The molecular weight excluding hydrogens is 354 g/mol. The number of hydrogen-bond acceptors (Lipinski definition) is 3. The van der Waals surface area contributed by atoms with Gasteiger partial charge in [-0.2, -0.15) is 0 Å². The Bertz CT molecular complexity index is 1070. The maximum Gasteiger partial charge on any atom is 0.331 e. The highest BCUT2D eigenvalue weighted by Gasteiger charge is 2.50. The topological polar surface area (TPSA) is 67.3 Å². The molecule has 132 valence electrons. The van der Waals surface area contributed by atoms with Crippen LogP contribution in [-0.4, -0.2) is 46.7 Å². The van der Waals surface area contributed by atoms with Crippen LogP contribution < -0.4 is 5.69 Å². The lowest BCUT2D eigenvalue weighted by molar-refractivity contribution is -0.176. The largest absolute Gasteiger partial charge is 0.380 e. The van der Waals surface area contributed by atoms with Gasteiger partial charge >= 0.3 is 5.69 Å². The Morgan fingerprint density at radius 3 is 2.50 bits per heavy atom. The van der Waals surface area contributed by atoms with Crippen LogP contribution in [0.25, 0.3) is 16.7 Å². The summed E-state index contributed by atoms with van der Waals surface area (Å²) in [5.74, 6) is 0.0170. The van der Waals surface area contributed by atoms with E-state index in [0.29, 0.717) is 27.3 Å². The number of rotatable bonds is 2. The molecule has 0 radical (unpaired) electrons. The molecule has 1 aromatic heterocycles. The molecule has 0 bridgehead atoms. The summed E-state index contributed by atoms with van der Waals surface area (Å²) in [6.45, 7) is 3.02. The summed E-state index contributed by atoms with van der Waals surface area (Å²) in [6, 6.07) is 12.3. The van der Waals surface area contributed by atoms with Crippen molar-refractivity contribution in [3.8, 4) is 5.69 Å². The number of amides is 1. The smallest absolute Gasteiger partial charge is 0.331 e. The average Bonchev–Trinajstić information content (AvgIpc) is 2.87. The highest BCUT2D eigenvalue weighted by atomic mass is 35.5. The van der Waals surface area contributed by atoms with Crippen molar-refractivity contribution >= 4 is 28.5 Å². The van der Waals surface area contributed by atoms with Crippen molar-refractivity contribution in [1.29, 1.82) is 0 Å². The highest BCUT2D eigenvalue weighted by molar-refractivity contribution is 6.31. The summed E-state index contributed by atoms with van der Waals surface area (Å²) in [4.78, 5) is 29.5. The van der Waals surface area contributed by atoms with Crippen molar-refractivity contribution in [3.05, 3.63) is 63.5 Å². The molecule has 26 heavy (non-hydrogen) atoms. The van der Waals surface area contributed by atoms with Crippen molar-refractivity contribution < 1.29 is 9.53 Å². The van der Waals surface area contributed by atoms with Crippen LogP contribution in [0.5, 0.6) is 0 Å². The van der Waals surface area contributed by atoms with Gasteiger partial charge < -0.3 is 14.6 Å². The van der Waals surface area contributed by atoms with Gasteiger partial charge in [0, 0.05) is 23.7 Å². The molecule has 0 aliphatic carbocycles. The van der Waals surface area contributed by atoms with Gasteiger partial charge in [0.15, 0.2) is 0 Å². The third-order valence-corrected chi connectivity index (χ3v) is 5.41. The Morgan fingerprint density at radius 1 is 1.12 bits per heavy atom. The summed E-state index contributed by atoms with van der Waals surface area (Å²) in [7, 11) is 0. The normalized spacial score (nSPS) is 18.0. The van der Waals surface area contributed by atoms with Gasteiger partial charge in [0.05, 0.1) is 35.3 Å². The van der Waals surface area contributed by atoms with Gasteiger partial charge in [0.2, 0.25) is 0 Å². The number of benzene rings is 2. The van der Waals surface area contributed by atoms with Gasteiger partial charge in [0.1, 0.15) is 0 Å². The van der Waals surface area contributed by atoms with Crippen LogP contribution in [0.1, 0.15) is 10.4 Å². The number of carbonyl (C=O) groups excluding carboxylic acids is 1. The summed E-state index contributed by atoms with van der Waals surface area (Å²) in [5, 5.41) is 0.559. The Labute approximate surface area is 153 Å². The molecule has 0 saturated carbocycles. The second kappa shape index (κ2) is 5.46. The zero-order chi connectivity index (χ0) is 17.9. The third kappa shape index (κ3) is 2.29. The van der Waals surface area contributed by atoms with Crippen molar-refractivity contribution in [2.45, 2.75) is 0 Å². The molecule has 5 rings (SSSR count). The Balaban J connectivity index is 1.44. The summed E-state index contributed by atoms with van der Waals surface area (Å²) in [6.07, 6.45) is 0. The Morgan fingerprint density at radius 2 is 1.85 bits per heavy atom. The van der Waals surface area contributed by atoms with Gasteiger partial charge in [0.25, 0.3) is 5.91 Å². The summed E-state index contributed by atoms with van der Waals surface area (Å²) >= 11 is 6.06. The first-order chi connectivity index (χ1) is 12.5. The second-order valence-electron chi connectivity index (χ2n) is 7.13. The van der Waals surface area contributed by atoms with Crippen molar-refractivity contribution in [2.75, 3.05) is 26.3 Å². The molecule has 7 heteroatoms. The number of fused-ring (bicyclic) bond motifs is 1. The minimum absolute atomic E-state index is 0.0170. The molecule has 2 aromatic carbocycles. The standard InChI is InChI=1S/C19H16ClN3O3/c20-13-3-6-15-16(7-13)23(18(25)21-15)14-4-1-12(2-5-14)17(24)22-8-19(9-22)10-26-11-19/h1-7H,8-11H2,(H,21,25). The maximum absolute atomic E-state index is 12.6. The van der Waals surface area contributed by atoms with E-state index in [1.807, 2.05) is 4.90 Å². The van der Waals surface area contributed by atoms with Gasteiger partial charge in [-0.1, -0.05) is 11.6 Å². The van der Waals surface area contributed by atoms with Gasteiger partial charge in [-0.25, -0.2) is 4.79 Å². The zero-order valence-corrected chi connectivity index (χ0v) is 14.6. The zero-order valence-electron chi connectivity index (χ0n) is 13.9. The number of likely N-dealkylation sites (tertiary alicyclic amines) is 1. The number of nitrogens with zero attached hydrogens (tertiary/aromatic N) is 2. The van der Waals surface area contributed by atoms with Gasteiger partial charge in [-0.3, -0.25) is 9.36 Å². The lowest BCUT2D eigenvalue weighted by atomic mass is 9.78. The SMILES string of the molecule is O=C(c1ccc(-n2c(=O)[nH]c3ccc(Cl)cc32)cc1)N1CC2(COC2)C1. The fourth-order valence-electron chi connectivity index (χ4n) is 3.75. The predicted octanol–water partition coefficient (Wildman–Crippen LogP) is 2.44. The number of halogens is 1. The first kappa shape index (κ1) is 15.7. The van der Waals surface area contributed by atoms with E-state index in [0.717, 1.165) is 26.3 Å². The number of aromatic nitrogens is 2. The van der Waals surface area contributed by atoms with Crippen molar-refractivity contribution in [3.63, 3.8) is 0 Å². The molecule has 3 heterocycles. The number of carbonyl (C=O) groups is 1. The van der Waals surface area contributed by atoms with Crippen LogP contribution in [0.15, 0.2) is 47.3 Å². The van der Waals surface area contributed by atoms with E-state index in [9.17, 15) is 9.59 Å². The molecule has 2 aliphatic rings. The lowest BCUT2D eigenvalue weighted by Crippen LogP contribution is -2.67. The first-order valence-electron chi connectivity index (χ1n) is 8.43. The molecule has 2 saturated heterocycles. The fraction of sp³-hybridized carbons (Fsp3) is 0.263. The first-order valence-corrected chi connectivity index (χ1v) is 8.80.